The summed E-state index contributed by atoms with van der Waals surface area (Å²) in [5, 5.41) is 16.5. The van der Waals surface area contributed by atoms with Crippen LogP contribution < -0.4 is 10.2 Å². The van der Waals surface area contributed by atoms with Crippen LogP contribution in [0, 0.1) is 6.92 Å². The van der Waals surface area contributed by atoms with Crippen LogP contribution in [0.25, 0.3) is 16.8 Å². The number of nitrogens with one attached hydrogen (secondary N) is 1. The van der Waals surface area contributed by atoms with Gasteiger partial charge in [0.2, 0.25) is 0 Å². The number of aromatic nitrogens is 5. The standard InChI is InChI=1S/C25H26N8.ClH/c1-17-29-30-24-15-27-25(18-3-6-21(7-4-18)32-11-9-26-10-12-32)22-13-19(5-8-23(22)33(17)24)20-14-28-31(2)16-20;/h3-8,13-14,16,26H,9-12,15H2,1-2H3;1H. The van der Waals surface area contributed by atoms with Crippen LogP contribution in [0.5, 0.6) is 0 Å². The summed E-state index contributed by atoms with van der Waals surface area (Å²) in [7, 11) is 1.94. The Balaban J connectivity index is 0.00000241. The summed E-state index contributed by atoms with van der Waals surface area (Å²) in [6.07, 6.45) is 3.93. The SMILES string of the molecule is Cc1nnc2n1-c1ccc(-c3cnn(C)c3)cc1C(c1ccc(N3CCNCC3)cc1)=NC2.Cl. The van der Waals surface area contributed by atoms with Crippen molar-refractivity contribution in [2.75, 3.05) is 31.1 Å². The third kappa shape index (κ3) is 3.89. The highest BCUT2D eigenvalue weighted by Gasteiger charge is 2.23. The molecule has 4 heterocycles. The molecule has 0 saturated carbocycles. The quantitative estimate of drug-likeness (QED) is 0.493. The van der Waals surface area contributed by atoms with Crippen LogP contribution in [0.3, 0.4) is 0 Å². The molecule has 34 heavy (non-hydrogen) atoms. The van der Waals surface area contributed by atoms with Crippen molar-refractivity contribution >= 4 is 23.8 Å². The number of halogens is 1. The number of hydrogen-bond donors (Lipinski definition) is 1. The summed E-state index contributed by atoms with van der Waals surface area (Å²) < 4.78 is 3.95. The second kappa shape index (κ2) is 9.04. The van der Waals surface area contributed by atoms with Gasteiger partial charge in [-0.15, -0.1) is 22.6 Å². The molecule has 174 valence electrons. The van der Waals surface area contributed by atoms with E-state index in [2.05, 4.69) is 72.5 Å². The maximum Gasteiger partial charge on any atom is 0.159 e. The first kappa shape index (κ1) is 22.3. The number of aliphatic imine (C=N–C) groups is 1. The molecule has 0 bridgehead atoms. The number of aryl methyl sites for hydroxylation is 2. The van der Waals surface area contributed by atoms with Crippen LogP contribution in [0.2, 0.25) is 0 Å². The molecule has 9 heteroatoms. The Hall–Kier alpha value is -3.49. The molecule has 0 radical (unpaired) electrons. The lowest BCUT2D eigenvalue weighted by Gasteiger charge is -2.29. The fourth-order valence-corrected chi connectivity index (χ4v) is 4.73. The molecule has 2 aromatic heterocycles. The summed E-state index contributed by atoms with van der Waals surface area (Å²) in [4.78, 5) is 7.45. The number of nitrogens with zero attached hydrogens (tertiary/aromatic N) is 7. The van der Waals surface area contributed by atoms with Gasteiger partial charge in [0.1, 0.15) is 12.4 Å². The molecule has 0 spiro atoms. The van der Waals surface area contributed by atoms with E-state index < -0.39 is 0 Å². The van der Waals surface area contributed by atoms with Crippen molar-refractivity contribution in [1.29, 1.82) is 0 Å². The van der Waals surface area contributed by atoms with Crippen molar-refractivity contribution in [3.63, 3.8) is 0 Å². The Kier molecular flexibility index (Phi) is 5.93. The van der Waals surface area contributed by atoms with Gasteiger partial charge in [-0.25, -0.2) is 0 Å². The van der Waals surface area contributed by atoms with E-state index in [9.17, 15) is 0 Å². The lowest BCUT2D eigenvalue weighted by Crippen LogP contribution is -2.43. The van der Waals surface area contributed by atoms with Crippen molar-refractivity contribution in [1.82, 2.24) is 29.9 Å². The Bertz CT molecular complexity index is 1350. The molecule has 0 unspecified atom stereocenters. The Morgan fingerprint density at radius 3 is 2.41 bits per heavy atom. The van der Waals surface area contributed by atoms with E-state index in [1.165, 1.54) is 5.69 Å². The van der Waals surface area contributed by atoms with E-state index in [1.54, 1.807) is 0 Å². The second-order valence-corrected chi connectivity index (χ2v) is 8.58. The van der Waals surface area contributed by atoms with Crippen LogP contribution in [-0.4, -0.2) is 56.4 Å². The van der Waals surface area contributed by atoms with Gasteiger partial charge in [-0.3, -0.25) is 14.2 Å². The lowest BCUT2D eigenvalue weighted by atomic mass is 9.96. The molecule has 1 N–H and O–H groups in total. The van der Waals surface area contributed by atoms with Gasteiger partial charge in [0, 0.05) is 61.8 Å². The molecule has 2 aliphatic heterocycles. The summed E-state index contributed by atoms with van der Waals surface area (Å²) >= 11 is 0. The Morgan fingerprint density at radius 1 is 0.912 bits per heavy atom. The van der Waals surface area contributed by atoms with Gasteiger partial charge < -0.3 is 10.2 Å². The summed E-state index contributed by atoms with van der Waals surface area (Å²) in [6, 6.07) is 15.3. The van der Waals surface area contributed by atoms with E-state index in [4.69, 9.17) is 4.99 Å². The number of fused-ring (bicyclic) bond motifs is 3. The van der Waals surface area contributed by atoms with E-state index in [0.717, 1.165) is 71.5 Å². The number of anilines is 1. The van der Waals surface area contributed by atoms with Crippen molar-refractivity contribution in [2.45, 2.75) is 13.5 Å². The molecule has 1 saturated heterocycles. The summed E-state index contributed by atoms with van der Waals surface area (Å²) in [6.45, 7) is 6.60. The monoisotopic (exact) mass is 474 g/mol. The third-order valence-corrected chi connectivity index (χ3v) is 6.42. The zero-order chi connectivity index (χ0) is 22.4. The largest absolute Gasteiger partial charge is 0.369 e. The third-order valence-electron chi connectivity index (χ3n) is 6.42. The van der Waals surface area contributed by atoms with Crippen LogP contribution >= 0.6 is 12.4 Å². The van der Waals surface area contributed by atoms with Crippen LogP contribution in [-0.2, 0) is 13.6 Å². The average molecular weight is 475 g/mol. The predicted octanol–water partition coefficient (Wildman–Crippen LogP) is 3.16. The fourth-order valence-electron chi connectivity index (χ4n) is 4.73. The van der Waals surface area contributed by atoms with Gasteiger partial charge in [0.25, 0.3) is 0 Å². The number of benzene rings is 2. The molecule has 6 rings (SSSR count). The molecule has 1 fully saturated rings. The van der Waals surface area contributed by atoms with E-state index >= 15 is 0 Å². The van der Waals surface area contributed by atoms with Gasteiger partial charge >= 0.3 is 0 Å². The minimum absolute atomic E-state index is 0. The predicted molar refractivity (Wildman–Crippen MR) is 136 cm³/mol. The van der Waals surface area contributed by atoms with Crippen molar-refractivity contribution in [3.05, 3.63) is 77.6 Å². The number of piperazine rings is 1. The zero-order valence-electron chi connectivity index (χ0n) is 19.3. The number of hydrogen-bond acceptors (Lipinski definition) is 6. The molecule has 0 amide bonds. The van der Waals surface area contributed by atoms with Crippen LogP contribution in [0.1, 0.15) is 22.8 Å². The van der Waals surface area contributed by atoms with Gasteiger partial charge in [0.15, 0.2) is 5.82 Å². The normalized spacial score (nSPS) is 15.1. The highest BCUT2D eigenvalue weighted by molar-refractivity contribution is 6.15. The zero-order valence-corrected chi connectivity index (χ0v) is 20.1. The fraction of sp³-hybridized carbons (Fsp3) is 0.280. The molecular formula is C25H27ClN8. The molecule has 2 aliphatic rings. The minimum Gasteiger partial charge on any atom is -0.369 e. The van der Waals surface area contributed by atoms with Crippen molar-refractivity contribution < 1.29 is 0 Å². The van der Waals surface area contributed by atoms with Gasteiger partial charge in [-0.05, 0) is 36.8 Å². The molecule has 0 atom stereocenters. The summed E-state index contributed by atoms with van der Waals surface area (Å²) in [5.41, 5.74) is 7.67. The van der Waals surface area contributed by atoms with Gasteiger partial charge in [-0.2, -0.15) is 5.10 Å². The lowest BCUT2D eigenvalue weighted by molar-refractivity contribution is 0.589. The average Bonchev–Trinajstić information content (AvgIpc) is 3.41. The van der Waals surface area contributed by atoms with Gasteiger partial charge in [-0.1, -0.05) is 18.2 Å². The van der Waals surface area contributed by atoms with E-state index in [1.807, 2.05) is 31.0 Å². The molecule has 0 aliphatic carbocycles. The first-order valence-electron chi connectivity index (χ1n) is 11.3. The minimum atomic E-state index is 0. The Morgan fingerprint density at radius 2 is 1.68 bits per heavy atom. The van der Waals surface area contributed by atoms with Crippen molar-refractivity contribution in [3.8, 4) is 16.8 Å². The maximum atomic E-state index is 5.02. The second-order valence-electron chi connectivity index (χ2n) is 8.58. The smallest absolute Gasteiger partial charge is 0.159 e. The van der Waals surface area contributed by atoms with Crippen LogP contribution in [0.4, 0.5) is 5.69 Å². The Labute approximate surface area is 204 Å². The first-order valence-corrected chi connectivity index (χ1v) is 11.3. The summed E-state index contributed by atoms with van der Waals surface area (Å²) in [5.74, 6) is 1.72. The van der Waals surface area contributed by atoms with Crippen molar-refractivity contribution in [2.24, 2.45) is 12.0 Å². The van der Waals surface area contributed by atoms with Gasteiger partial charge in [0.05, 0.1) is 17.6 Å². The highest BCUT2D eigenvalue weighted by atomic mass is 35.5. The maximum absolute atomic E-state index is 5.02. The topological polar surface area (TPSA) is 76.2 Å². The van der Waals surface area contributed by atoms with E-state index in [0.29, 0.717) is 6.54 Å². The van der Waals surface area contributed by atoms with Crippen LogP contribution in [0.15, 0.2) is 59.9 Å². The number of rotatable bonds is 3. The molecule has 4 aromatic rings. The first-order chi connectivity index (χ1) is 16.2. The molecular weight excluding hydrogens is 448 g/mol. The van der Waals surface area contributed by atoms with E-state index in [-0.39, 0.29) is 12.4 Å². The highest BCUT2D eigenvalue weighted by Crippen LogP contribution is 2.30. The molecule has 8 nitrogen and oxygen atoms in total. The molecule has 2 aromatic carbocycles.